The third-order valence-corrected chi connectivity index (χ3v) is 16.2. The number of aryl methyl sites for hydroxylation is 4. The van der Waals surface area contributed by atoms with E-state index in [1.807, 2.05) is 49.1 Å². The molecule has 0 fully saturated rings. The van der Waals surface area contributed by atoms with Crippen LogP contribution in [0.1, 0.15) is 204 Å². The van der Waals surface area contributed by atoms with Crippen LogP contribution in [-0.4, -0.2) is 15.0 Å². The molecule has 0 aliphatic rings. The minimum atomic E-state index is 1.02. The van der Waals surface area contributed by atoms with Gasteiger partial charge in [0.05, 0.1) is 0 Å². The molecule has 4 aromatic carbocycles. The maximum absolute atomic E-state index is 4.38. The van der Waals surface area contributed by atoms with Crippen LogP contribution in [-0.2, 0) is 25.7 Å². The summed E-state index contributed by atoms with van der Waals surface area (Å²) in [6, 6.07) is 40.2. The Hall–Kier alpha value is -4.23. The fourth-order valence-corrected chi connectivity index (χ4v) is 11.4. The van der Waals surface area contributed by atoms with E-state index in [-0.39, 0.29) is 0 Å². The summed E-state index contributed by atoms with van der Waals surface area (Å²) < 4.78 is 3.42. The van der Waals surface area contributed by atoms with Gasteiger partial charge in [0.15, 0.2) is 0 Å². The lowest BCUT2D eigenvalue weighted by Gasteiger charge is -2.17. The molecule has 412 valence electrons. The topological polar surface area (TPSA) is 38.7 Å². The van der Waals surface area contributed by atoms with Crippen molar-refractivity contribution < 1.29 is 0 Å². The van der Waals surface area contributed by atoms with Gasteiger partial charge in [-0.05, 0) is 183 Å². The first-order valence-electron chi connectivity index (χ1n) is 30.0. The fraction of sp³-hybridized carbons (Fsp3) is 0.451. The molecule has 0 aliphatic heterocycles. The minimum Gasteiger partial charge on any atom is -0.264 e. The van der Waals surface area contributed by atoms with E-state index in [1.165, 1.54) is 243 Å². The van der Waals surface area contributed by atoms with Gasteiger partial charge in [-0.2, -0.15) is 0 Å². The second-order valence-electron chi connectivity index (χ2n) is 21.1. The van der Waals surface area contributed by atoms with Crippen LogP contribution >= 0.6 is 47.8 Å². The SMILES string of the molecule is Brc1cccnc1.CCCCCCCCc1cc(-c2cccnc2)ccc1-c1ccc(-c2cccnc2)cc1CCCCCCCC.CCCCCCCCc1cc(Br)ccc1-c1ccc(Br)cc1CCCCCCCC. The molecule has 6 heteroatoms. The molecule has 0 aliphatic carbocycles. The van der Waals surface area contributed by atoms with Crippen LogP contribution in [0.5, 0.6) is 0 Å². The molecule has 3 heterocycles. The Bertz CT molecular complexity index is 2470. The Balaban J connectivity index is 0.000000259. The molecule has 7 aromatic rings. The van der Waals surface area contributed by atoms with Crippen LogP contribution in [0.2, 0.25) is 0 Å². The van der Waals surface area contributed by atoms with Crippen LogP contribution in [0, 0.1) is 0 Å². The van der Waals surface area contributed by atoms with Crippen molar-refractivity contribution in [3.63, 3.8) is 0 Å². The molecular formula is C71H92Br3N3. The second-order valence-corrected chi connectivity index (χ2v) is 23.8. The molecule has 0 bridgehead atoms. The quantitative estimate of drug-likeness (QED) is 0.0395. The summed E-state index contributed by atoms with van der Waals surface area (Å²) in [6.45, 7) is 9.15. The lowest BCUT2D eigenvalue weighted by molar-refractivity contribution is 0.607. The Morgan fingerprint density at radius 2 is 0.571 bits per heavy atom. The Morgan fingerprint density at radius 3 is 0.857 bits per heavy atom. The summed E-state index contributed by atoms with van der Waals surface area (Å²) in [6.07, 6.45) is 47.7. The smallest absolute Gasteiger partial charge is 0.0410 e. The largest absolute Gasteiger partial charge is 0.264 e. The predicted octanol–water partition coefficient (Wildman–Crippen LogP) is 23.8. The zero-order chi connectivity index (χ0) is 54.6. The highest BCUT2D eigenvalue weighted by Gasteiger charge is 2.15. The third-order valence-electron chi connectivity index (χ3n) is 14.7. The molecule has 0 saturated carbocycles. The van der Waals surface area contributed by atoms with Crippen LogP contribution < -0.4 is 0 Å². The predicted molar refractivity (Wildman–Crippen MR) is 346 cm³/mol. The maximum Gasteiger partial charge on any atom is 0.0410 e. The van der Waals surface area contributed by atoms with Gasteiger partial charge in [0, 0.05) is 50.6 Å². The van der Waals surface area contributed by atoms with Gasteiger partial charge in [0.2, 0.25) is 0 Å². The first-order chi connectivity index (χ1) is 37.8. The molecule has 0 atom stereocenters. The van der Waals surface area contributed by atoms with Gasteiger partial charge < -0.3 is 0 Å². The number of hydrogen-bond acceptors (Lipinski definition) is 3. The standard InChI is InChI=1S/C38H48N2.C28H40Br2.C5H4BrN/c1-3-5-7-9-11-13-17-33-27-31(35-19-15-25-39-29-35)21-23-37(33)38-24-22-32(36-20-16-26-40-30-36)28-34(38)18-14-12-10-8-6-4-2;1-3-5-7-9-11-13-15-23-21-25(29)17-19-27(23)28-20-18-26(30)22-24(28)16-14-12-10-8-6-4-2;6-5-2-1-3-7-4-5/h15-16,19-30H,3-14,17-18H2,1-2H3;17-22H,3-16H2,1-2H3;1-4H. The first-order valence-corrected chi connectivity index (χ1v) is 32.4. The summed E-state index contributed by atoms with van der Waals surface area (Å²) in [7, 11) is 0. The fourth-order valence-electron chi connectivity index (χ4n) is 10.3. The maximum atomic E-state index is 4.38. The molecular weight excluding hydrogens is 1130 g/mol. The molecule has 0 N–H and O–H groups in total. The molecule has 0 saturated heterocycles. The summed E-state index contributed by atoms with van der Waals surface area (Å²) in [4.78, 5) is 12.6. The zero-order valence-electron chi connectivity index (χ0n) is 47.6. The van der Waals surface area contributed by atoms with Gasteiger partial charge in [-0.1, -0.05) is 249 Å². The number of unbranched alkanes of at least 4 members (excludes halogenated alkanes) is 20. The van der Waals surface area contributed by atoms with Gasteiger partial charge in [-0.3, -0.25) is 15.0 Å². The van der Waals surface area contributed by atoms with Crippen LogP contribution in [0.4, 0.5) is 0 Å². The highest BCUT2D eigenvalue weighted by Crippen LogP contribution is 2.37. The number of pyridine rings is 3. The van der Waals surface area contributed by atoms with Crippen molar-refractivity contribution in [2.75, 3.05) is 0 Å². The third kappa shape index (κ3) is 24.4. The van der Waals surface area contributed by atoms with Crippen molar-refractivity contribution in [3.8, 4) is 44.5 Å². The van der Waals surface area contributed by atoms with E-state index in [2.05, 4.69) is 175 Å². The van der Waals surface area contributed by atoms with E-state index in [4.69, 9.17) is 0 Å². The van der Waals surface area contributed by atoms with Gasteiger partial charge in [0.25, 0.3) is 0 Å². The van der Waals surface area contributed by atoms with Crippen LogP contribution in [0.25, 0.3) is 44.5 Å². The monoisotopic (exact) mass is 1220 g/mol. The van der Waals surface area contributed by atoms with Crippen molar-refractivity contribution in [2.45, 2.75) is 207 Å². The number of halogens is 3. The van der Waals surface area contributed by atoms with E-state index in [0.717, 1.165) is 17.3 Å². The van der Waals surface area contributed by atoms with Crippen molar-refractivity contribution >= 4 is 47.8 Å². The molecule has 7 rings (SSSR count). The number of rotatable bonds is 32. The van der Waals surface area contributed by atoms with Crippen molar-refractivity contribution in [1.29, 1.82) is 0 Å². The Kier molecular flexibility index (Phi) is 32.4. The van der Waals surface area contributed by atoms with Crippen molar-refractivity contribution in [1.82, 2.24) is 15.0 Å². The molecule has 3 nitrogen and oxygen atoms in total. The summed E-state index contributed by atoms with van der Waals surface area (Å²) >= 11 is 10.7. The highest BCUT2D eigenvalue weighted by molar-refractivity contribution is 9.11. The summed E-state index contributed by atoms with van der Waals surface area (Å²) in [5, 5.41) is 0. The molecule has 0 spiro atoms. The van der Waals surface area contributed by atoms with Crippen LogP contribution in [0.15, 0.2) is 160 Å². The van der Waals surface area contributed by atoms with Gasteiger partial charge >= 0.3 is 0 Å². The average Bonchev–Trinajstić information content (AvgIpc) is 3.46. The van der Waals surface area contributed by atoms with Gasteiger partial charge in [-0.15, -0.1) is 0 Å². The number of benzene rings is 4. The van der Waals surface area contributed by atoms with E-state index in [9.17, 15) is 0 Å². The normalized spacial score (nSPS) is 10.9. The Morgan fingerprint density at radius 1 is 0.273 bits per heavy atom. The molecule has 77 heavy (non-hydrogen) atoms. The van der Waals surface area contributed by atoms with Crippen molar-refractivity contribution in [2.24, 2.45) is 0 Å². The molecule has 0 unspecified atom stereocenters. The van der Waals surface area contributed by atoms with E-state index in [0.29, 0.717) is 0 Å². The lowest BCUT2D eigenvalue weighted by atomic mass is 9.87. The van der Waals surface area contributed by atoms with Crippen molar-refractivity contribution in [3.05, 3.63) is 182 Å². The second kappa shape index (κ2) is 39.2. The molecule has 3 aromatic heterocycles. The van der Waals surface area contributed by atoms with E-state index >= 15 is 0 Å². The Labute approximate surface area is 493 Å². The highest BCUT2D eigenvalue weighted by atomic mass is 79.9. The number of nitrogens with zero attached hydrogens (tertiary/aromatic N) is 3. The summed E-state index contributed by atoms with van der Waals surface area (Å²) in [5.41, 5.74) is 16.5. The minimum absolute atomic E-state index is 1.02. The van der Waals surface area contributed by atoms with E-state index in [1.54, 1.807) is 12.4 Å². The molecule has 0 amide bonds. The first kappa shape index (κ1) is 63.6. The summed E-state index contributed by atoms with van der Waals surface area (Å²) in [5.74, 6) is 0. The number of hydrogen-bond donors (Lipinski definition) is 0. The molecule has 0 radical (unpaired) electrons. The lowest BCUT2D eigenvalue weighted by Crippen LogP contribution is -1.98. The van der Waals surface area contributed by atoms with Crippen LogP contribution in [0.3, 0.4) is 0 Å². The van der Waals surface area contributed by atoms with E-state index < -0.39 is 0 Å². The van der Waals surface area contributed by atoms with Gasteiger partial charge in [-0.25, -0.2) is 0 Å². The number of aromatic nitrogens is 3. The average molecular weight is 1230 g/mol. The zero-order valence-corrected chi connectivity index (χ0v) is 52.4. The van der Waals surface area contributed by atoms with Gasteiger partial charge in [0.1, 0.15) is 0 Å².